The zero-order chi connectivity index (χ0) is 16.2. The number of carbonyl (C=O) groups excluding carboxylic acids is 1. The Bertz CT molecular complexity index is 708. The number of carbonyl (C=O) groups is 1. The lowest BCUT2D eigenvalue weighted by Gasteiger charge is -2.24. The number of benzene rings is 2. The third-order valence-electron chi connectivity index (χ3n) is 3.90. The predicted octanol–water partition coefficient (Wildman–Crippen LogP) is 3.87. The molecule has 0 fully saturated rings. The maximum atomic E-state index is 12.1. The quantitative estimate of drug-likeness (QED) is 0.805. The van der Waals surface area contributed by atoms with Crippen molar-refractivity contribution in [3.63, 3.8) is 0 Å². The summed E-state index contributed by atoms with van der Waals surface area (Å²) in [7, 11) is 0. The van der Waals surface area contributed by atoms with Gasteiger partial charge in [-0.2, -0.15) is 5.10 Å². The molecule has 0 saturated heterocycles. The molecular formula is C19H20N2O2. The summed E-state index contributed by atoms with van der Waals surface area (Å²) in [5, 5.41) is 6.46. The van der Waals surface area contributed by atoms with Gasteiger partial charge in [-0.25, -0.2) is 4.79 Å². The van der Waals surface area contributed by atoms with Crippen LogP contribution in [0.1, 0.15) is 30.5 Å². The van der Waals surface area contributed by atoms with Crippen LogP contribution < -0.4 is 5.01 Å². The molecule has 2 aromatic rings. The van der Waals surface area contributed by atoms with E-state index in [9.17, 15) is 4.79 Å². The number of nitrogens with zero attached hydrogens (tertiary/aromatic N) is 2. The van der Waals surface area contributed by atoms with E-state index in [4.69, 9.17) is 4.74 Å². The molecular weight excluding hydrogens is 288 g/mol. The van der Waals surface area contributed by atoms with Crippen LogP contribution in [-0.2, 0) is 9.53 Å². The van der Waals surface area contributed by atoms with E-state index in [1.807, 2.05) is 35.3 Å². The average Bonchev–Trinajstić information content (AvgIpc) is 3.02. The van der Waals surface area contributed by atoms with E-state index in [1.54, 1.807) is 6.92 Å². The minimum absolute atomic E-state index is 0.0123. The minimum atomic E-state index is -0.331. The Labute approximate surface area is 136 Å². The Hall–Kier alpha value is -2.62. The number of rotatable bonds is 4. The number of anilines is 1. The van der Waals surface area contributed by atoms with Crippen molar-refractivity contribution in [1.82, 2.24) is 0 Å². The van der Waals surface area contributed by atoms with E-state index >= 15 is 0 Å². The monoisotopic (exact) mass is 308 g/mol. The van der Waals surface area contributed by atoms with Gasteiger partial charge in [0.25, 0.3) is 0 Å². The van der Waals surface area contributed by atoms with E-state index in [-0.39, 0.29) is 12.0 Å². The highest BCUT2D eigenvalue weighted by molar-refractivity contribution is 6.37. The van der Waals surface area contributed by atoms with E-state index in [0.717, 1.165) is 11.3 Å². The first-order valence-corrected chi connectivity index (χ1v) is 7.84. The second-order valence-corrected chi connectivity index (χ2v) is 5.58. The van der Waals surface area contributed by atoms with Gasteiger partial charge < -0.3 is 4.74 Å². The highest BCUT2D eigenvalue weighted by Crippen LogP contribution is 2.35. The molecule has 0 saturated carbocycles. The van der Waals surface area contributed by atoms with Crippen molar-refractivity contribution in [1.29, 1.82) is 0 Å². The summed E-state index contributed by atoms with van der Waals surface area (Å²) >= 11 is 0. The first kappa shape index (κ1) is 15.3. The van der Waals surface area contributed by atoms with Crippen molar-refractivity contribution in [2.45, 2.75) is 26.3 Å². The molecule has 0 spiro atoms. The van der Waals surface area contributed by atoms with Gasteiger partial charge in [0.2, 0.25) is 0 Å². The third kappa shape index (κ3) is 3.26. The Morgan fingerprint density at radius 3 is 2.52 bits per heavy atom. The Kier molecular flexibility index (Phi) is 4.42. The van der Waals surface area contributed by atoms with Gasteiger partial charge in [0, 0.05) is 6.42 Å². The Morgan fingerprint density at radius 2 is 1.87 bits per heavy atom. The van der Waals surface area contributed by atoms with Gasteiger partial charge in [0.15, 0.2) is 0 Å². The zero-order valence-corrected chi connectivity index (χ0v) is 13.4. The molecule has 23 heavy (non-hydrogen) atoms. The summed E-state index contributed by atoms with van der Waals surface area (Å²) in [6.45, 7) is 4.22. The predicted molar refractivity (Wildman–Crippen MR) is 91.5 cm³/mol. The van der Waals surface area contributed by atoms with Gasteiger partial charge in [-0.3, -0.25) is 5.01 Å². The highest BCUT2D eigenvalue weighted by atomic mass is 16.5. The van der Waals surface area contributed by atoms with E-state index in [0.29, 0.717) is 18.7 Å². The van der Waals surface area contributed by atoms with Gasteiger partial charge in [0.05, 0.1) is 18.3 Å². The van der Waals surface area contributed by atoms with E-state index in [2.05, 4.69) is 36.3 Å². The standard InChI is InChI=1S/C19H20N2O2/c1-3-23-19(22)17-13-18(15-7-5-4-6-8-15)21(20-17)16-11-9-14(2)10-12-16/h4-12,18H,3,13H2,1-2H3. The number of ether oxygens (including phenoxy) is 1. The van der Waals surface area contributed by atoms with Crippen molar-refractivity contribution in [3.8, 4) is 0 Å². The first-order chi connectivity index (χ1) is 11.2. The van der Waals surface area contributed by atoms with Gasteiger partial charge in [-0.1, -0.05) is 48.0 Å². The summed E-state index contributed by atoms with van der Waals surface area (Å²) < 4.78 is 5.12. The number of aryl methyl sites for hydroxylation is 1. The molecule has 0 amide bonds. The number of hydrogen-bond donors (Lipinski definition) is 0. The van der Waals surface area contributed by atoms with Crippen LogP contribution in [-0.4, -0.2) is 18.3 Å². The summed E-state index contributed by atoms with van der Waals surface area (Å²) in [6, 6.07) is 18.3. The lowest BCUT2D eigenvalue weighted by atomic mass is 10.0. The van der Waals surface area contributed by atoms with Crippen molar-refractivity contribution in [2.75, 3.05) is 11.6 Å². The lowest BCUT2D eigenvalue weighted by Crippen LogP contribution is -2.18. The van der Waals surface area contributed by atoms with Gasteiger partial charge in [-0.15, -0.1) is 0 Å². The average molecular weight is 308 g/mol. The molecule has 0 aromatic heterocycles. The van der Waals surface area contributed by atoms with E-state index in [1.165, 1.54) is 5.56 Å². The highest BCUT2D eigenvalue weighted by Gasteiger charge is 2.32. The molecule has 118 valence electrons. The molecule has 0 radical (unpaired) electrons. The molecule has 1 heterocycles. The molecule has 0 N–H and O–H groups in total. The Balaban J connectivity index is 1.95. The van der Waals surface area contributed by atoms with Gasteiger partial charge in [-0.05, 0) is 31.5 Å². The van der Waals surface area contributed by atoms with Crippen LogP contribution in [0.15, 0.2) is 59.7 Å². The minimum Gasteiger partial charge on any atom is -0.461 e. The van der Waals surface area contributed by atoms with Gasteiger partial charge >= 0.3 is 5.97 Å². The fraction of sp³-hybridized carbons (Fsp3) is 0.263. The molecule has 3 rings (SSSR count). The number of hydrazone groups is 1. The van der Waals surface area contributed by atoms with Crippen LogP contribution >= 0.6 is 0 Å². The Morgan fingerprint density at radius 1 is 1.17 bits per heavy atom. The SMILES string of the molecule is CCOC(=O)C1=NN(c2ccc(C)cc2)C(c2ccccc2)C1. The topological polar surface area (TPSA) is 41.9 Å². The van der Waals surface area contributed by atoms with Crippen LogP contribution in [0.5, 0.6) is 0 Å². The largest absolute Gasteiger partial charge is 0.461 e. The summed E-state index contributed by atoms with van der Waals surface area (Å²) in [6.07, 6.45) is 0.552. The lowest BCUT2D eigenvalue weighted by molar-refractivity contribution is -0.135. The van der Waals surface area contributed by atoms with Crippen molar-refractivity contribution in [2.24, 2.45) is 5.10 Å². The van der Waals surface area contributed by atoms with Crippen molar-refractivity contribution >= 4 is 17.4 Å². The summed E-state index contributed by atoms with van der Waals surface area (Å²) in [4.78, 5) is 12.1. The van der Waals surface area contributed by atoms with Crippen molar-refractivity contribution < 1.29 is 9.53 Å². The molecule has 0 bridgehead atoms. The molecule has 2 aromatic carbocycles. The molecule has 4 heteroatoms. The number of hydrogen-bond acceptors (Lipinski definition) is 4. The molecule has 1 aliphatic heterocycles. The zero-order valence-electron chi connectivity index (χ0n) is 13.4. The molecule has 1 atom stereocenters. The second kappa shape index (κ2) is 6.65. The van der Waals surface area contributed by atoms with Crippen LogP contribution in [0, 0.1) is 6.92 Å². The first-order valence-electron chi connectivity index (χ1n) is 7.84. The molecule has 1 unspecified atom stereocenters. The molecule has 0 aliphatic carbocycles. The van der Waals surface area contributed by atoms with Crippen molar-refractivity contribution in [3.05, 3.63) is 65.7 Å². The molecule has 4 nitrogen and oxygen atoms in total. The third-order valence-corrected chi connectivity index (χ3v) is 3.90. The summed E-state index contributed by atoms with van der Waals surface area (Å²) in [5.74, 6) is -0.331. The normalized spacial score (nSPS) is 17.0. The van der Waals surface area contributed by atoms with Gasteiger partial charge in [0.1, 0.15) is 5.71 Å². The van der Waals surface area contributed by atoms with Crippen LogP contribution in [0.3, 0.4) is 0 Å². The maximum Gasteiger partial charge on any atom is 0.354 e. The fourth-order valence-electron chi connectivity index (χ4n) is 2.72. The summed E-state index contributed by atoms with van der Waals surface area (Å²) in [5.41, 5.74) is 3.78. The van der Waals surface area contributed by atoms with Crippen LogP contribution in [0.2, 0.25) is 0 Å². The number of esters is 1. The fourth-order valence-corrected chi connectivity index (χ4v) is 2.72. The van der Waals surface area contributed by atoms with E-state index < -0.39 is 0 Å². The second-order valence-electron chi connectivity index (χ2n) is 5.58. The van der Waals surface area contributed by atoms with Crippen LogP contribution in [0.25, 0.3) is 0 Å². The molecule has 1 aliphatic rings. The maximum absolute atomic E-state index is 12.1. The smallest absolute Gasteiger partial charge is 0.354 e. The van der Waals surface area contributed by atoms with Crippen LogP contribution in [0.4, 0.5) is 5.69 Å².